The molecule has 6 nitrogen and oxygen atoms in total. The number of rotatable bonds is 3. The second kappa shape index (κ2) is 6.31. The van der Waals surface area contributed by atoms with Gasteiger partial charge in [-0.1, -0.05) is 11.8 Å². The molecule has 0 fully saturated rings. The third-order valence-corrected chi connectivity index (χ3v) is 2.36. The van der Waals surface area contributed by atoms with Gasteiger partial charge < -0.3 is 9.84 Å². The van der Waals surface area contributed by atoms with Crippen molar-refractivity contribution in [2.45, 2.75) is 0 Å². The average Bonchev–Trinajstić information content (AvgIpc) is 2.47. The molecule has 100 valence electrons. The third kappa shape index (κ3) is 3.31. The number of pyridine rings is 1. The highest BCUT2D eigenvalue weighted by Crippen LogP contribution is 2.25. The van der Waals surface area contributed by atoms with Gasteiger partial charge in [0.15, 0.2) is 0 Å². The Labute approximate surface area is 114 Å². The zero-order valence-electron chi connectivity index (χ0n) is 10.3. The van der Waals surface area contributed by atoms with Gasteiger partial charge in [0.25, 0.3) is 5.69 Å². The molecule has 6 heteroatoms. The molecule has 0 atom stereocenters. The lowest BCUT2D eigenvalue weighted by Crippen LogP contribution is -1.91. The lowest BCUT2D eigenvalue weighted by atomic mass is 10.2. The van der Waals surface area contributed by atoms with E-state index in [9.17, 15) is 10.1 Å². The lowest BCUT2D eigenvalue weighted by Gasteiger charge is -2.06. The summed E-state index contributed by atoms with van der Waals surface area (Å²) in [5, 5.41) is 19.2. The molecule has 0 saturated carbocycles. The number of ether oxygens (including phenoxy) is 1. The van der Waals surface area contributed by atoms with Crippen LogP contribution in [0, 0.1) is 22.0 Å². The first-order valence-electron chi connectivity index (χ1n) is 5.67. The van der Waals surface area contributed by atoms with Gasteiger partial charge in [-0.2, -0.15) is 0 Å². The van der Waals surface area contributed by atoms with E-state index < -0.39 is 4.92 Å². The number of non-ortho nitro benzene ring substituents is 1. The highest BCUT2D eigenvalue weighted by Gasteiger charge is 2.06. The maximum Gasteiger partial charge on any atom is 0.269 e. The number of hydrogen-bond acceptors (Lipinski definition) is 5. The summed E-state index contributed by atoms with van der Waals surface area (Å²) in [4.78, 5) is 14.0. The number of nitro groups is 1. The zero-order valence-corrected chi connectivity index (χ0v) is 10.3. The van der Waals surface area contributed by atoms with Crippen LogP contribution in [0.25, 0.3) is 0 Å². The molecule has 2 rings (SSSR count). The van der Waals surface area contributed by atoms with E-state index in [2.05, 4.69) is 16.8 Å². The van der Waals surface area contributed by atoms with Gasteiger partial charge in [-0.05, 0) is 12.1 Å². The van der Waals surface area contributed by atoms with Crippen LogP contribution in [0.2, 0.25) is 0 Å². The van der Waals surface area contributed by atoms with Crippen LogP contribution in [0.5, 0.6) is 11.5 Å². The standard InChI is InChI=1S/C14H10N2O4/c17-9-1-2-11-10-15-8-7-14(11)20-13-5-3-12(4-6-13)16(18)19/h3-8,10,17H,9H2. The summed E-state index contributed by atoms with van der Waals surface area (Å²) in [5.41, 5.74) is 0.521. The Balaban J connectivity index is 2.23. The summed E-state index contributed by atoms with van der Waals surface area (Å²) < 4.78 is 5.59. The van der Waals surface area contributed by atoms with Crippen LogP contribution in [0.4, 0.5) is 5.69 Å². The molecular weight excluding hydrogens is 260 g/mol. The van der Waals surface area contributed by atoms with Crippen molar-refractivity contribution in [3.8, 4) is 23.3 Å². The topological polar surface area (TPSA) is 85.5 Å². The fourth-order valence-electron chi connectivity index (χ4n) is 1.46. The Hall–Kier alpha value is -2.91. The van der Waals surface area contributed by atoms with Gasteiger partial charge in [0.2, 0.25) is 0 Å². The van der Waals surface area contributed by atoms with Crippen molar-refractivity contribution >= 4 is 5.69 Å². The first-order chi connectivity index (χ1) is 9.70. The quantitative estimate of drug-likeness (QED) is 0.524. The third-order valence-electron chi connectivity index (χ3n) is 2.36. The van der Waals surface area contributed by atoms with Crippen LogP contribution in [0.3, 0.4) is 0 Å². The molecule has 0 radical (unpaired) electrons. The molecule has 1 aromatic carbocycles. The van der Waals surface area contributed by atoms with Crippen molar-refractivity contribution < 1.29 is 14.8 Å². The average molecular weight is 270 g/mol. The van der Waals surface area contributed by atoms with Gasteiger partial charge in [-0.25, -0.2) is 0 Å². The first-order valence-corrected chi connectivity index (χ1v) is 5.67. The molecule has 0 bridgehead atoms. The van der Waals surface area contributed by atoms with Crippen molar-refractivity contribution in [1.29, 1.82) is 0 Å². The van der Waals surface area contributed by atoms with Crippen molar-refractivity contribution in [1.82, 2.24) is 4.98 Å². The number of hydrogen-bond donors (Lipinski definition) is 1. The van der Waals surface area contributed by atoms with Gasteiger partial charge in [0.05, 0.1) is 10.5 Å². The van der Waals surface area contributed by atoms with E-state index in [1.807, 2.05) is 0 Å². The predicted octanol–water partition coefficient (Wildman–Crippen LogP) is 2.13. The van der Waals surface area contributed by atoms with Crippen LogP contribution in [0.15, 0.2) is 42.7 Å². The van der Waals surface area contributed by atoms with E-state index in [-0.39, 0.29) is 12.3 Å². The Morgan fingerprint density at radius 3 is 2.70 bits per heavy atom. The van der Waals surface area contributed by atoms with Crippen LogP contribution in [-0.2, 0) is 0 Å². The van der Waals surface area contributed by atoms with Crippen LogP contribution in [-0.4, -0.2) is 21.6 Å². The van der Waals surface area contributed by atoms with Gasteiger partial charge in [-0.3, -0.25) is 15.1 Å². The fraction of sp³-hybridized carbons (Fsp3) is 0.0714. The molecule has 0 amide bonds. The number of aromatic nitrogens is 1. The van der Waals surface area contributed by atoms with E-state index in [0.717, 1.165) is 0 Å². The minimum atomic E-state index is -0.478. The summed E-state index contributed by atoms with van der Waals surface area (Å²) in [7, 11) is 0. The zero-order chi connectivity index (χ0) is 14.4. The van der Waals surface area contributed by atoms with Crippen molar-refractivity contribution in [2.75, 3.05) is 6.61 Å². The molecule has 1 heterocycles. The predicted molar refractivity (Wildman–Crippen MR) is 71.4 cm³/mol. The maximum absolute atomic E-state index is 10.6. The van der Waals surface area contributed by atoms with E-state index in [1.54, 1.807) is 12.3 Å². The summed E-state index contributed by atoms with van der Waals surface area (Å²) in [6, 6.07) is 7.34. The smallest absolute Gasteiger partial charge is 0.269 e. The molecule has 0 spiro atoms. The molecule has 0 aliphatic carbocycles. The summed E-state index contributed by atoms with van der Waals surface area (Å²) in [5.74, 6) is 6.15. The Kier molecular flexibility index (Phi) is 4.27. The van der Waals surface area contributed by atoms with Gasteiger partial charge in [-0.15, -0.1) is 0 Å². The van der Waals surface area contributed by atoms with Crippen LogP contribution in [0.1, 0.15) is 5.56 Å². The highest BCUT2D eigenvalue weighted by atomic mass is 16.6. The van der Waals surface area contributed by atoms with E-state index in [4.69, 9.17) is 9.84 Å². The van der Waals surface area contributed by atoms with E-state index in [1.165, 1.54) is 30.5 Å². The number of aliphatic hydroxyl groups is 1. The fourth-order valence-corrected chi connectivity index (χ4v) is 1.46. The molecule has 0 unspecified atom stereocenters. The molecule has 2 aromatic rings. The lowest BCUT2D eigenvalue weighted by molar-refractivity contribution is -0.384. The number of aliphatic hydroxyl groups excluding tert-OH is 1. The highest BCUT2D eigenvalue weighted by molar-refractivity contribution is 5.47. The Bertz CT molecular complexity index is 672. The number of nitrogens with zero attached hydrogens (tertiary/aromatic N) is 2. The van der Waals surface area contributed by atoms with Crippen molar-refractivity contribution in [3.05, 3.63) is 58.4 Å². The maximum atomic E-state index is 10.6. The van der Waals surface area contributed by atoms with E-state index >= 15 is 0 Å². The first kappa shape index (κ1) is 13.5. The monoisotopic (exact) mass is 270 g/mol. The molecule has 0 aliphatic rings. The van der Waals surface area contributed by atoms with Gasteiger partial charge >= 0.3 is 0 Å². The second-order valence-electron chi connectivity index (χ2n) is 3.68. The Morgan fingerprint density at radius 1 is 1.30 bits per heavy atom. The molecule has 1 aromatic heterocycles. The second-order valence-corrected chi connectivity index (χ2v) is 3.68. The number of benzene rings is 1. The molecule has 20 heavy (non-hydrogen) atoms. The summed E-state index contributed by atoms with van der Waals surface area (Å²) >= 11 is 0. The SMILES string of the molecule is O=[N+]([O-])c1ccc(Oc2ccncc2C#CCO)cc1. The normalized spacial score (nSPS) is 9.45. The number of nitro benzene ring substituents is 1. The summed E-state index contributed by atoms with van der Waals surface area (Å²) in [6.45, 7) is -0.258. The van der Waals surface area contributed by atoms with Crippen LogP contribution < -0.4 is 4.74 Å². The molecule has 0 saturated heterocycles. The van der Waals surface area contributed by atoms with Crippen LogP contribution >= 0.6 is 0 Å². The van der Waals surface area contributed by atoms with Gasteiger partial charge in [0, 0.05) is 30.6 Å². The summed E-state index contributed by atoms with van der Waals surface area (Å²) in [6.07, 6.45) is 3.06. The molecule has 1 N–H and O–H groups in total. The molecular formula is C14H10N2O4. The minimum Gasteiger partial charge on any atom is -0.456 e. The van der Waals surface area contributed by atoms with Crippen molar-refractivity contribution in [2.24, 2.45) is 0 Å². The Morgan fingerprint density at radius 2 is 2.05 bits per heavy atom. The van der Waals surface area contributed by atoms with Gasteiger partial charge in [0.1, 0.15) is 18.1 Å². The largest absolute Gasteiger partial charge is 0.456 e. The van der Waals surface area contributed by atoms with E-state index in [0.29, 0.717) is 17.1 Å². The molecule has 0 aliphatic heterocycles. The van der Waals surface area contributed by atoms with Crippen molar-refractivity contribution in [3.63, 3.8) is 0 Å². The minimum absolute atomic E-state index is 0.00706.